The molecule has 236 valence electrons. The van der Waals surface area contributed by atoms with Gasteiger partial charge in [0.2, 0.25) is 11.8 Å². The number of hydrogen-bond acceptors (Lipinski definition) is 5. The summed E-state index contributed by atoms with van der Waals surface area (Å²) >= 11 is 6.15. The van der Waals surface area contributed by atoms with Crippen LogP contribution in [0.5, 0.6) is 5.75 Å². The van der Waals surface area contributed by atoms with Crippen LogP contribution in [0.4, 0.5) is 5.69 Å². The molecular weight excluding hydrogens is 610 g/mol. The summed E-state index contributed by atoms with van der Waals surface area (Å²) in [7, 11) is -2.79. The molecule has 0 saturated carbocycles. The van der Waals surface area contributed by atoms with E-state index in [-0.39, 0.29) is 41.2 Å². The van der Waals surface area contributed by atoms with Gasteiger partial charge < -0.3 is 15.0 Å². The highest BCUT2D eigenvalue weighted by Gasteiger charge is 2.35. The minimum Gasteiger partial charge on any atom is -0.495 e. The third-order valence-corrected chi connectivity index (χ3v) is 9.53. The maximum Gasteiger partial charge on any atom is 0.264 e. The number of benzene rings is 4. The van der Waals surface area contributed by atoms with E-state index in [0.29, 0.717) is 11.4 Å². The van der Waals surface area contributed by atoms with Crippen molar-refractivity contribution in [2.75, 3.05) is 18.0 Å². The zero-order valence-electron chi connectivity index (χ0n) is 25.6. The molecule has 0 heterocycles. The number of carbonyl (C=O) groups excluding carboxylic acids is 2. The molecule has 8 nitrogen and oxygen atoms in total. The van der Waals surface area contributed by atoms with Crippen molar-refractivity contribution in [1.29, 1.82) is 0 Å². The number of carbonyl (C=O) groups is 2. The molecule has 0 bridgehead atoms. The molecule has 2 atom stereocenters. The first-order valence-corrected chi connectivity index (χ1v) is 16.5. The molecule has 0 fully saturated rings. The Kier molecular flexibility index (Phi) is 11.6. The molecule has 10 heteroatoms. The van der Waals surface area contributed by atoms with Gasteiger partial charge in [0.05, 0.1) is 17.7 Å². The second-order valence-corrected chi connectivity index (χ2v) is 13.0. The SMILES string of the molecule is CCC(C)NC(=O)C(Cc1ccccc1)N(Cc1ccc(Cl)cc1)C(=O)CN(c1ccccc1OC)S(=O)(=O)c1ccccc1. The number of para-hydroxylation sites is 2. The van der Waals surface area contributed by atoms with Crippen LogP contribution >= 0.6 is 11.6 Å². The van der Waals surface area contributed by atoms with E-state index in [0.717, 1.165) is 15.4 Å². The molecule has 2 unspecified atom stereocenters. The molecule has 2 amide bonds. The van der Waals surface area contributed by atoms with Gasteiger partial charge in [-0.3, -0.25) is 13.9 Å². The first-order chi connectivity index (χ1) is 21.6. The lowest BCUT2D eigenvalue weighted by Gasteiger charge is -2.34. The van der Waals surface area contributed by atoms with Gasteiger partial charge in [0.15, 0.2) is 0 Å². The summed E-state index contributed by atoms with van der Waals surface area (Å²) in [4.78, 5) is 29.9. The van der Waals surface area contributed by atoms with Gasteiger partial charge >= 0.3 is 0 Å². The predicted octanol–water partition coefficient (Wildman–Crippen LogP) is 6.10. The van der Waals surface area contributed by atoms with Gasteiger partial charge in [-0.1, -0.05) is 91.3 Å². The topological polar surface area (TPSA) is 96.0 Å². The fraction of sp³-hybridized carbons (Fsp3) is 0.257. The van der Waals surface area contributed by atoms with Crippen molar-refractivity contribution in [2.45, 2.75) is 50.2 Å². The average Bonchev–Trinajstić information content (AvgIpc) is 3.06. The van der Waals surface area contributed by atoms with Crippen LogP contribution in [0.15, 0.2) is 114 Å². The monoisotopic (exact) mass is 647 g/mol. The lowest BCUT2D eigenvalue weighted by molar-refractivity contribution is -0.140. The highest BCUT2D eigenvalue weighted by molar-refractivity contribution is 7.92. The number of sulfonamides is 1. The summed E-state index contributed by atoms with van der Waals surface area (Å²) in [6, 6.07) is 29.9. The molecule has 4 rings (SSSR count). The van der Waals surface area contributed by atoms with Crippen LogP contribution in [0, 0.1) is 0 Å². The van der Waals surface area contributed by atoms with E-state index in [9.17, 15) is 18.0 Å². The number of nitrogens with one attached hydrogen (secondary N) is 1. The third-order valence-electron chi connectivity index (χ3n) is 7.50. The molecule has 1 N–H and O–H groups in total. The minimum absolute atomic E-state index is 0.0170. The van der Waals surface area contributed by atoms with E-state index in [1.165, 1.54) is 24.1 Å². The molecule has 0 aromatic heterocycles. The van der Waals surface area contributed by atoms with Crippen molar-refractivity contribution in [3.63, 3.8) is 0 Å². The van der Waals surface area contributed by atoms with Crippen LogP contribution in [0.25, 0.3) is 0 Å². The van der Waals surface area contributed by atoms with Gasteiger partial charge in [0, 0.05) is 24.0 Å². The normalized spacial score (nSPS) is 12.5. The van der Waals surface area contributed by atoms with Crippen LogP contribution in [-0.4, -0.2) is 50.9 Å². The molecule has 4 aromatic carbocycles. The minimum atomic E-state index is -4.23. The predicted molar refractivity (Wildman–Crippen MR) is 178 cm³/mol. The zero-order valence-corrected chi connectivity index (χ0v) is 27.2. The molecule has 0 radical (unpaired) electrons. The Labute approximate surface area is 270 Å². The number of methoxy groups -OCH3 is 1. The largest absolute Gasteiger partial charge is 0.495 e. The summed E-state index contributed by atoms with van der Waals surface area (Å²) < 4.78 is 34.8. The van der Waals surface area contributed by atoms with E-state index < -0.39 is 28.5 Å². The van der Waals surface area contributed by atoms with E-state index in [4.69, 9.17) is 16.3 Å². The fourth-order valence-corrected chi connectivity index (χ4v) is 6.42. The zero-order chi connectivity index (χ0) is 32.4. The van der Waals surface area contributed by atoms with Crippen LogP contribution in [0.3, 0.4) is 0 Å². The van der Waals surface area contributed by atoms with Gasteiger partial charge in [0.1, 0.15) is 18.3 Å². The van der Waals surface area contributed by atoms with Crippen molar-refractivity contribution in [2.24, 2.45) is 0 Å². The van der Waals surface area contributed by atoms with Crippen LogP contribution in [0.1, 0.15) is 31.4 Å². The Morgan fingerprint density at radius 2 is 1.44 bits per heavy atom. The summed E-state index contributed by atoms with van der Waals surface area (Å²) in [6.07, 6.45) is 0.925. The molecule has 0 saturated heterocycles. The number of rotatable bonds is 14. The third kappa shape index (κ3) is 8.65. The second-order valence-electron chi connectivity index (χ2n) is 10.7. The molecule has 0 aliphatic rings. The molecule has 45 heavy (non-hydrogen) atoms. The fourth-order valence-electron chi connectivity index (χ4n) is 4.85. The quantitative estimate of drug-likeness (QED) is 0.179. The lowest BCUT2D eigenvalue weighted by Crippen LogP contribution is -2.54. The highest BCUT2D eigenvalue weighted by atomic mass is 35.5. The number of hydrogen-bond donors (Lipinski definition) is 1. The molecule has 0 spiro atoms. The van der Waals surface area contributed by atoms with E-state index in [1.807, 2.05) is 44.2 Å². The number of amides is 2. The Bertz CT molecular complexity index is 1670. The number of anilines is 1. The van der Waals surface area contributed by atoms with Gasteiger partial charge in [-0.15, -0.1) is 0 Å². The van der Waals surface area contributed by atoms with E-state index in [1.54, 1.807) is 66.7 Å². The Hall–Kier alpha value is -4.34. The smallest absolute Gasteiger partial charge is 0.264 e. The first kappa shape index (κ1) is 33.6. The first-order valence-electron chi connectivity index (χ1n) is 14.7. The van der Waals surface area contributed by atoms with E-state index in [2.05, 4.69) is 5.32 Å². The Balaban J connectivity index is 1.82. The van der Waals surface area contributed by atoms with Crippen LogP contribution in [0.2, 0.25) is 5.02 Å². The average molecular weight is 648 g/mol. The molecule has 0 aliphatic heterocycles. The number of nitrogens with zero attached hydrogens (tertiary/aromatic N) is 2. The molecule has 0 aliphatic carbocycles. The summed E-state index contributed by atoms with van der Waals surface area (Å²) in [5.74, 6) is -0.606. The lowest BCUT2D eigenvalue weighted by atomic mass is 10.0. The summed E-state index contributed by atoms with van der Waals surface area (Å²) in [5, 5.41) is 3.56. The number of halogens is 1. The van der Waals surface area contributed by atoms with Crippen molar-refractivity contribution >= 4 is 39.1 Å². The van der Waals surface area contributed by atoms with E-state index >= 15 is 0 Å². The molecule has 4 aromatic rings. The van der Waals surface area contributed by atoms with Gasteiger partial charge in [-0.2, -0.15) is 0 Å². The van der Waals surface area contributed by atoms with Crippen molar-refractivity contribution in [1.82, 2.24) is 10.2 Å². The van der Waals surface area contributed by atoms with Crippen molar-refractivity contribution < 1.29 is 22.7 Å². The van der Waals surface area contributed by atoms with Crippen LogP contribution < -0.4 is 14.4 Å². The van der Waals surface area contributed by atoms with Crippen LogP contribution in [-0.2, 0) is 32.6 Å². The van der Waals surface area contributed by atoms with Crippen molar-refractivity contribution in [3.8, 4) is 5.75 Å². The number of ether oxygens (including phenoxy) is 1. The summed E-state index contributed by atoms with van der Waals surface area (Å²) in [5.41, 5.74) is 1.79. The second kappa shape index (κ2) is 15.6. The maximum absolute atomic E-state index is 14.5. The van der Waals surface area contributed by atoms with Gasteiger partial charge in [-0.05, 0) is 60.9 Å². The summed E-state index contributed by atoms with van der Waals surface area (Å²) in [6.45, 7) is 3.34. The maximum atomic E-state index is 14.5. The molecular formula is C35H38ClN3O5S. The Morgan fingerprint density at radius 3 is 2.07 bits per heavy atom. The standard InChI is InChI=1S/C35H38ClN3O5S/c1-4-26(2)37-35(41)32(23-27-13-7-5-8-14-27)38(24-28-19-21-29(36)22-20-28)34(40)25-39(31-17-11-12-18-33(31)44-3)45(42,43)30-15-9-6-10-16-30/h5-22,26,32H,4,23-25H2,1-3H3,(H,37,41). The van der Waals surface area contributed by atoms with Gasteiger partial charge in [-0.25, -0.2) is 8.42 Å². The van der Waals surface area contributed by atoms with Crippen molar-refractivity contribution in [3.05, 3.63) is 125 Å². The highest BCUT2D eigenvalue weighted by Crippen LogP contribution is 2.32. The van der Waals surface area contributed by atoms with Gasteiger partial charge in [0.25, 0.3) is 10.0 Å². The Morgan fingerprint density at radius 1 is 0.844 bits per heavy atom.